The van der Waals surface area contributed by atoms with Gasteiger partial charge >= 0.3 is 0 Å². The summed E-state index contributed by atoms with van der Waals surface area (Å²) in [6.45, 7) is 3.59. The zero-order chi connectivity index (χ0) is 21.2. The van der Waals surface area contributed by atoms with Gasteiger partial charge < -0.3 is 4.74 Å². The Labute approximate surface area is 173 Å². The topological polar surface area (TPSA) is 97.9 Å². The molecule has 29 heavy (non-hydrogen) atoms. The van der Waals surface area contributed by atoms with Gasteiger partial charge in [0.2, 0.25) is 5.88 Å². The van der Waals surface area contributed by atoms with Gasteiger partial charge in [-0.1, -0.05) is 23.7 Å². The van der Waals surface area contributed by atoms with Gasteiger partial charge in [-0.05, 0) is 37.6 Å². The highest BCUT2D eigenvalue weighted by atomic mass is 35.5. The van der Waals surface area contributed by atoms with Gasteiger partial charge in [-0.15, -0.1) is 0 Å². The van der Waals surface area contributed by atoms with E-state index in [0.717, 1.165) is 0 Å². The lowest BCUT2D eigenvalue weighted by molar-refractivity contribution is -0.115. The smallest absolute Gasteiger partial charge is 0.213 e. The Morgan fingerprint density at radius 2 is 2.07 bits per heavy atom. The van der Waals surface area contributed by atoms with Crippen molar-refractivity contribution in [3.63, 3.8) is 0 Å². The lowest BCUT2D eigenvalue weighted by atomic mass is 9.82. The zero-order valence-electron chi connectivity index (χ0n) is 16.3. The number of carbonyl (C=O) groups is 2. The molecule has 8 heteroatoms. The number of hydrazone groups is 1. The molecular formula is C21H21ClN4O3. The van der Waals surface area contributed by atoms with Crippen LogP contribution in [0, 0.1) is 0 Å². The summed E-state index contributed by atoms with van der Waals surface area (Å²) in [6, 6.07) is 10.3. The molecule has 1 aromatic carbocycles. The Kier molecular flexibility index (Phi) is 5.81. The number of allylic oxidation sites excluding steroid dienone is 1. The lowest BCUT2D eigenvalue weighted by Crippen LogP contribution is -2.59. The molecule has 0 amide bonds. The summed E-state index contributed by atoms with van der Waals surface area (Å²) in [5.74, 6) is 0.0994. The third-order valence-corrected chi connectivity index (χ3v) is 4.93. The fourth-order valence-electron chi connectivity index (χ4n) is 3.39. The largest absolute Gasteiger partial charge is 0.481 e. The van der Waals surface area contributed by atoms with Gasteiger partial charge in [-0.25, -0.2) is 4.98 Å². The standard InChI is InChI=1S/C21H21ClN4O3/c1-4-26-21(23,12-27)19(14-6-5-7-16(22)10-14)18(13(2)28)20(25-26)15-8-9-24-17(11-15)29-3/h5-12H,4,23H2,1-3H3. The maximum absolute atomic E-state index is 12.8. The predicted octanol–water partition coefficient (Wildman–Crippen LogP) is 2.68. The van der Waals surface area contributed by atoms with Crippen molar-refractivity contribution in [3.05, 3.63) is 64.3 Å². The first-order chi connectivity index (χ1) is 13.8. The number of nitrogens with two attached hydrogens (primary N) is 1. The van der Waals surface area contributed by atoms with Gasteiger partial charge in [0.1, 0.15) is 5.71 Å². The molecule has 0 radical (unpaired) electrons. The SMILES string of the molecule is CCN1N=C(c2ccnc(OC)c2)C(C(C)=O)=C(c2cccc(Cl)c2)C1(N)C=O. The summed E-state index contributed by atoms with van der Waals surface area (Å²) >= 11 is 6.19. The number of nitrogens with zero attached hydrogens (tertiary/aromatic N) is 3. The van der Waals surface area contributed by atoms with Crippen LogP contribution in [0.4, 0.5) is 0 Å². The first-order valence-corrected chi connectivity index (χ1v) is 9.37. The minimum atomic E-state index is -1.62. The Morgan fingerprint density at radius 1 is 1.31 bits per heavy atom. The maximum atomic E-state index is 12.8. The van der Waals surface area contributed by atoms with Crippen LogP contribution in [0.25, 0.3) is 5.57 Å². The number of rotatable bonds is 6. The highest BCUT2D eigenvalue weighted by Crippen LogP contribution is 2.37. The predicted molar refractivity (Wildman–Crippen MR) is 112 cm³/mol. The normalized spacial score (nSPS) is 19.1. The van der Waals surface area contributed by atoms with E-state index >= 15 is 0 Å². The van der Waals surface area contributed by atoms with E-state index in [9.17, 15) is 9.59 Å². The molecule has 1 unspecified atom stereocenters. The number of likely N-dealkylation sites (N-methyl/N-ethyl adjacent to an activating group) is 1. The summed E-state index contributed by atoms with van der Waals surface area (Å²) in [5.41, 5.74) is 7.08. The number of hydrogen-bond acceptors (Lipinski definition) is 7. The molecule has 0 bridgehead atoms. The molecule has 3 rings (SSSR count). The molecule has 0 aliphatic carbocycles. The Bertz CT molecular complexity index is 1030. The van der Waals surface area contributed by atoms with E-state index in [2.05, 4.69) is 10.1 Å². The molecule has 0 saturated carbocycles. The van der Waals surface area contributed by atoms with Crippen molar-refractivity contribution in [2.75, 3.05) is 13.7 Å². The minimum Gasteiger partial charge on any atom is -0.481 e. The molecule has 0 saturated heterocycles. The van der Waals surface area contributed by atoms with E-state index in [1.165, 1.54) is 19.0 Å². The monoisotopic (exact) mass is 412 g/mol. The third-order valence-electron chi connectivity index (χ3n) is 4.70. The molecule has 2 aromatic rings. The molecule has 0 spiro atoms. The lowest BCUT2D eigenvalue weighted by Gasteiger charge is -2.41. The summed E-state index contributed by atoms with van der Waals surface area (Å²) in [5, 5.41) is 6.49. The quantitative estimate of drug-likeness (QED) is 0.732. The summed E-state index contributed by atoms with van der Waals surface area (Å²) < 4.78 is 5.20. The first kappa shape index (κ1) is 20.7. The maximum Gasteiger partial charge on any atom is 0.213 e. The van der Waals surface area contributed by atoms with Crippen molar-refractivity contribution in [3.8, 4) is 5.88 Å². The van der Waals surface area contributed by atoms with Crippen molar-refractivity contribution in [2.45, 2.75) is 19.5 Å². The van der Waals surface area contributed by atoms with Gasteiger partial charge in [-0.3, -0.25) is 20.3 Å². The average molecular weight is 413 g/mol. The Morgan fingerprint density at radius 3 is 2.66 bits per heavy atom. The Hall–Kier alpha value is -3.03. The van der Waals surface area contributed by atoms with Crippen LogP contribution in [0.1, 0.15) is 25.0 Å². The molecule has 2 N–H and O–H groups in total. The number of hydrogen-bond donors (Lipinski definition) is 1. The van der Waals surface area contributed by atoms with E-state index in [0.29, 0.717) is 46.1 Å². The number of halogens is 1. The second-order valence-corrected chi connectivity index (χ2v) is 6.95. The number of pyridine rings is 1. The first-order valence-electron chi connectivity index (χ1n) is 8.99. The molecule has 1 aliphatic heterocycles. The number of aldehydes is 1. The number of Topliss-reactive ketones (excluding diaryl/α,β-unsaturated/α-hetero) is 1. The highest BCUT2D eigenvalue weighted by molar-refractivity contribution is 6.34. The molecule has 0 fully saturated rings. The van der Waals surface area contributed by atoms with E-state index in [-0.39, 0.29) is 11.4 Å². The van der Waals surface area contributed by atoms with Gasteiger partial charge in [-0.2, -0.15) is 5.10 Å². The van der Waals surface area contributed by atoms with Crippen molar-refractivity contribution in [1.82, 2.24) is 9.99 Å². The zero-order valence-corrected chi connectivity index (χ0v) is 17.1. The van der Waals surface area contributed by atoms with E-state index in [1.807, 2.05) is 6.92 Å². The van der Waals surface area contributed by atoms with E-state index < -0.39 is 5.66 Å². The summed E-state index contributed by atoms with van der Waals surface area (Å²) in [4.78, 5) is 29.1. The van der Waals surface area contributed by atoms with Crippen LogP contribution in [-0.2, 0) is 9.59 Å². The van der Waals surface area contributed by atoms with E-state index in [1.54, 1.807) is 42.6 Å². The van der Waals surface area contributed by atoms with Crippen molar-refractivity contribution >= 4 is 35.0 Å². The van der Waals surface area contributed by atoms with Gasteiger partial charge in [0, 0.05) is 35.0 Å². The van der Waals surface area contributed by atoms with Crippen LogP contribution in [0.5, 0.6) is 5.88 Å². The summed E-state index contributed by atoms with van der Waals surface area (Å²) in [6.07, 6.45) is 2.16. The second-order valence-electron chi connectivity index (χ2n) is 6.51. The van der Waals surface area contributed by atoms with Gasteiger partial charge in [0.15, 0.2) is 17.7 Å². The summed E-state index contributed by atoms with van der Waals surface area (Å²) in [7, 11) is 1.50. The van der Waals surface area contributed by atoms with Crippen molar-refractivity contribution < 1.29 is 14.3 Å². The van der Waals surface area contributed by atoms with Crippen LogP contribution in [-0.4, -0.2) is 47.1 Å². The third kappa shape index (κ3) is 3.66. The molecule has 1 aromatic heterocycles. The number of benzene rings is 1. The second kappa shape index (κ2) is 8.14. The Balaban J connectivity index is 2.39. The number of aromatic nitrogens is 1. The molecule has 1 atom stereocenters. The van der Waals surface area contributed by atoms with Crippen LogP contribution >= 0.6 is 11.6 Å². The van der Waals surface area contributed by atoms with Crippen molar-refractivity contribution in [2.24, 2.45) is 10.8 Å². The van der Waals surface area contributed by atoms with Crippen LogP contribution in [0.3, 0.4) is 0 Å². The van der Waals surface area contributed by atoms with E-state index in [4.69, 9.17) is 22.1 Å². The van der Waals surface area contributed by atoms with Crippen LogP contribution < -0.4 is 10.5 Å². The number of carbonyl (C=O) groups excluding carboxylic acids is 2. The van der Waals surface area contributed by atoms with Crippen LogP contribution in [0.2, 0.25) is 5.02 Å². The number of methoxy groups -OCH3 is 1. The highest BCUT2D eigenvalue weighted by Gasteiger charge is 2.44. The number of ether oxygens (including phenoxy) is 1. The van der Waals surface area contributed by atoms with Gasteiger partial charge in [0.05, 0.1) is 12.7 Å². The van der Waals surface area contributed by atoms with Gasteiger partial charge in [0.25, 0.3) is 0 Å². The van der Waals surface area contributed by atoms with Crippen LogP contribution in [0.15, 0.2) is 53.3 Å². The molecule has 7 nitrogen and oxygen atoms in total. The fraction of sp³-hybridized carbons (Fsp3) is 0.238. The molecule has 150 valence electrons. The fourth-order valence-corrected chi connectivity index (χ4v) is 3.58. The van der Waals surface area contributed by atoms with Crippen molar-refractivity contribution in [1.29, 1.82) is 0 Å². The molecule has 1 aliphatic rings. The number of ketones is 1. The average Bonchev–Trinajstić information content (AvgIpc) is 2.73. The minimum absolute atomic E-state index is 0.250. The molecular weight excluding hydrogens is 392 g/mol. The molecule has 2 heterocycles.